The lowest BCUT2D eigenvalue weighted by Crippen LogP contribution is -2.62. The molecule has 1 aromatic heterocycles. The number of benzene rings is 1. The van der Waals surface area contributed by atoms with Gasteiger partial charge in [-0.3, -0.25) is 91.7 Å². The van der Waals surface area contributed by atoms with E-state index in [1.807, 2.05) is 11.8 Å². The number of amides is 19. The summed E-state index contributed by atoms with van der Waals surface area (Å²) in [5.41, 5.74) is 31.8. The summed E-state index contributed by atoms with van der Waals surface area (Å²) in [4.78, 5) is 266. The summed E-state index contributed by atoms with van der Waals surface area (Å²) >= 11 is 1.84. The van der Waals surface area contributed by atoms with Crippen LogP contribution in [0.3, 0.4) is 0 Å². The Kier molecular flexibility index (Phi) is 60.5. The minimum absolute atomic E-state index is 0.0162. The van der Waals surface area contributed by atoms with E-state index in [1.54, 1.807) is 58.0 Å². The molecule has 2 fully saturated rings. The van der Waals surface area contributed by atoms with Crippen LogP contribution in [0.5, 0.6) is 0 Å². The van der Waals surface area contributed by atoms with Crippen LogP contribution in [0.25, 0.3) is 10.4 Å². The molecule has 2 aliphatic heterocycles. The number of aromatic nitrogens is 2. The zero-order valence-electron chi connectivity index (χ0n) is 84.1. The number of guanidine groups is 1. The number of H-pyrrole nitrogens is 1. The highest BCUT2D eigenvalue weighted by Crippen LogP contribution is 2.33. The van der Waals surface area contributed by atoms with Crippen molar-refractivity contribution in [3.05, 3.63) is 64.6 Å². The summed E-state index contributed by atoms with van der Waals surface area (Å²) in [6.07, 6.45) is 0.932. The fourth-order valence-electron chi connectivity index (χ4n) is 14.9. The van der Waals surface area contributed by atoms with Gasteiger partial charge in [-0.15, -0.1) is 0 Å². The molecule has 3 heterocycles. The third-order valence-electron chi connectivity index (χ3n) is 22.5. The Balaban J connectivity index is 1.34. The number of aliphatic hydroxyl groups excluding tert-OH is 2. The number of rotatable bonds is 78. The highest BCUT2D eigenvalue weighted by Gasteiger charge is 2.44. The van der Waals surface area contributed by atoms with Crippen LogP contribution >= 0.6 is 11.8 Å². The van der Waals surface area contributed by atoms with Gasteiger partial charge in [-0.25, -0.2) is 9.78 Å². The molecule has 16 atom stereocenters. The number of carboxylic acid groups (broad SMARTS) is 1. The number of hydrogen-bond donors (Lipinski definition) is 27. The van der Waals surface area contributed by atoms with Gasteiger partial charge >= 0.3 is 12.0 Å². The van der Waals surface area contributed by atoms with Crippen LogP contribution in [0.15, 0.2) is 48.0 Å². The number of nitrogens with two attached hydrogens (primary N) is 4. The molecule has 55 nitrogen and oxygen atoms in total. The summed E-state index contributed by atoms with van der Waals surface area (Å²) in [5.74, 6) is -18.9. The lowest BCUT2D eigenvalue weighted by molar-refractivity contribution is -0.139. The van der Waals surface area contributed by atoms with Crippen LogP contribution in [0.4, 0.5) is 4.79 Å². The van der Waals surface area contributed by atoms with E-state index < -0.39 is 236 Å². The Morgan fingerprint density at radius 2 is 0.986 bits per heavy atom. The van der Waals surface area contributed by atoms with Gasteiger partial charge in [0, 0.05) is 92.6 Å². The average molecular weight is 2100 g/mol. The largest absolute Gasteiger partial charge is 0.481 e. The average Bonchev–Trinajstić information content (AvgIpc) is 1.65. The number of thioether (sulfide) groups is 1. The summed E-state index contributed by atoms with van der Waals surface area (Å²) in [5, 5.41) is 88.6. The predicted octanol–water partition coefficient (Wildman–Crippen LogP) is -7.00. The fraction of sp³-hybridized carbons (Fsp3) is 0.681. The van der Waals surface area contributed by atoms with E-state index in [1.165, 1.54) is 26.4 Å². The first-order chi connectivity index (χ1) is 70.0. The number of imidazole rings is 1. The number of unbranched alkanes of at least 4 members (excludes halogenated alkanes) is 2. The number of aromatic amines is 1. The van der Waals surface area contributed by atoms with E-state index in [4.69, 9.17) is 57.6 Å². The number of carbonyl (C=O) groups excluding carboxylic acids is 18. The second-order valence-electron chi connectivity index (χ2n) is 36.2. The smallest absolute Gasteiger partial charge is 0.315 e. The maximum absolute atomic E-state index is 14.7. The zero-order valence-corrected chi connectivity index (χ0v) is 84.9. The monoisotopic (exact) mass is 2100 g/mol. The molecule has 0 aliphatic carbocycles. The van der Waals surface area contributed by atoms with Crippen molar-refractivity contribution in [2.24, 2.45) is 45.8 Å². The Labute approximate surface area is 855 Å². The highest BCUT2D eigenvalue weighted by molar-refractivity contribution is 8.00. The number of aliphatic carboxylic acids is 1. The molecule has 2 aromatic rings. The normalized spacial score (nSPS) is 16.1. The molecule has 31 N–H and O–H groups in total. The number of primary amides is 2. The molecule has 4 rings (SSSR count). The molecule has 56 heteroatoms. The third-order valence-corrected chi connectivity index (χ3v) is 24.0. The molecule has 822 valence electrons. The van der Waals surface area contributed by atoms with E-state index in [0.717, 1.165) is 31.9 Å². The number of fused-ring (bicyclic) bond motifs is 1. The van der Waals surface area contributed by atoms with Crippen molar-refractivity contribution >= 4 is 130 Å². The maximum atomic E-state index is 14.7. The van der Waals surface area contributed by atoms with Crippen molar-refractivity contribution in [3.8, 4) is 0 Å². The maximum Gasteiger partial charge on any atom is 0.315 e. The van der Waals surface area contributed by atoms with Crippen LogP contribution in [-0.4, -0.2) is 357 Å². The van der Waals surface area contributed by atoms with Gasteiger partial charge in [-0.2, -0.15) is 11.8 Å². The van der Waals surface area contributed by atoms with Crippen molar-refractivity contribution in [3.63, 3.8) is 0 Å². The molecule has 0 saturated carbocycles. The van der Waals surface area contributed by atoms with E-state index >= 15 is 0 Å². The second kappa shape index (κ2) is 70.5. The Bertz CT molecular complexity index is 4600. The third kappa shape index (κ3) is 52.6. The first-order valence-electron chi connectivity index (χ1n) is 48.9. The first-order valence-corrected chi connectivity index (χ1v) is 50.0. The van der Waals surface area contributed by atoms with Crippen molar-refractivity contribution in [2.45, 2.75) is 260 Å². The van der Waals surface area contributed by atoms with Crippen molar-refractivity contribution in [2.75, 3.05) is 118 Å². The molecule has 0 radical (unpaired) electrons. The SMILES string of the molecule is CC(C)C[C@H](NC(=O)[C@H](CC(N)=O)NC(=O)[C@H](Cc1ccccc1)NC(=O)[C@H](CC(C)C)NC(=O)[C@@H](NC(=O)CNC(=O)[C@H](CC(N)=O)NC(=O)[C@@H](N)CCCCN=[N+]=[N-])[C@@H](C)O)C(=O)N[C@@H](CO)C(=O)N[C@@H](CCC(=O)O)C(=O)N[C@H](C(=O)N[C@@H](CCCNC(=N)N)C(=O)N[C@@H](Cc1cnc[nH]1)C(=O)NCCOCCOCCOCCOCCOCCC(=O)NCCNC(=O)CCCC[C@@H]1SC[C@@H]2NC(=O)N[C@@H]21)C(C)C. The van der Waals surface area contributed by atoms with Gasteiger partial charge in [0.1, 0.15) is 66.5 Å². The number of carboxylic acids is 1. The molecular formula is C91H150N28O27S. The highest BCUT2D eigenvalue weighted by atomic mass is 32.2. The minimum atomic E-state index is -1.99. The van der Waals surface area contributed by atoms with E-state index in [0.29, 0.717) is 42.3 Å². The van der Waals surface area contributed by atoms with Gasteiger partial charge in [0.15, 0.2) is 5.96 Å². The quantitative estimate of drug-likeness (QED) is 0.00557. The summed E-state index contributed by atoms with van der Waals surface area (Å²) in [6.45, 7) is 11.4. The number of ether oxygens (including phenoxy) is 5. The van der Waals surface area contributed by atoms with Gasteiger partial charge < -0.3 is 163 Å². The number of nitrogens with one attached hydrogen (secondary N) is 20. The van der Waals surface area contributed by atoms with Gasteiger partial charge in [0.05, 0.1) is 123 Å². The lowest BCUT2D eigenvalue weighted by Gasteiger charge is -2.29. The molecule has 2 saturated heterocycles. The van der Waals surface area contributed by atoms with Crippen molar-refractivity contribution in [1.82, 2.24) is 106 Å². The Morgan fingerprint density at radius 3 is 1.54 bits per heavy atom. The molecule has 0 spiro atoms. The molecule has 1 aromatic carbocycles. The molecule has 0 bridgehead atoms. The standard InChI is InChI=1S/C91H150N28O27S/c1-51(2)40-60(109-86(137)65(45-70(94)123)112-85(136)62(42-55-16-9-8-10-17-55)110-83(134)61(41-52(3)4)113-89(140)76(54(7)121)116-73(126)47-103-80(131)64(44-69(93)122)108-78(129)57(92)18-13-14-26-105-119-97)84(135)114-66(48-120)87(138)106-59(22-23-74(127)128)82(133)117-75(53(5)6)88(139)107-58(19-15-25-102-90(95)96)81(132)111-63(43-56-46-98-50-104-56)79(130)101-29-31-143-33-35-145-37-39-146-38-36-144-34-32-142-30-24-72(125)100-28-27-99-71(124)21-12-11-20-68-77-67(49-147-68)115-91(141)118-77/h8-10,16-17,46,50-54,57-68,75-77,120-121H,11-15,18-45,47-49,92H2,1-7H3,(H2,93,122)(H2,94,123)(H,98,104)(H,99,124)(H,100,125)(H,101,130)(H,103,131)(H,106,138)(H,107,139)(H,108,129)(H,109,137)(H,110,134)(H,111,132)(H,112,136)(H,113,140)(H,114,135)(H,116,126)(H,117,133)(H,127,128)(H4,95,96,102)(H2,115,118,141)/t54-,57+,58+,59+,60+,61+,62+,63+,64+,65+,66+,67+,68+,75+,76+,77+/m1/s1. The number of hydrogen-bond acceptors (Lipinski definition) is 31. The van der Waals surface area contributed by atoms with E-state index in [-0.39, 0.29) is 174 Å². The number of aliphatic hydroxyl groups is 2. The molecule has 0 unspecified atom stereocenters. The van der Waals surface area contributed by atoms with Crippen LogP contribution in [0, 0.1) is 23.2 Å². The molecule has 147 heavy (non-hydrogen) atoms. The van der Waals surface area contributed by atoms with Crippen LogP contribution in [0.1, 0.15) is 162 Å². The summed E-state index contributed by atoms with van der Waals surface area (Å²) in [6, 6.07) is -11.4. The molecular weight excluding hydrogens is 1950 g/mol. The van der Waals surface area contributed by atoms with E-state index in [9.17, 15) is 106 Å². The van der Waals surface area contributed by atoms with Crippen LogP contribution in [-0.2, 0) is 123 Å². The lowest BCUT2D eigenvalue weighted by atomic mass is 9.99. The number of carbonyl (C=O) groups is 19. The van der Waals surface area contributed by atoms with E-state index in [2.05, 4.69) is 116 Å². The van der Waals surface area contributed by atoms with Gasteiger partial charge in [0.2, 0.25) is 100 Å². The summed E-state index contributed by atoms with van der Waals surface area (Å²) in [7, 11) is 0. The van der Waals surface area contributed by atoms with Gasteiger partial charge in [-0.1, -0.05) is 89.8 Å². The predicted molar refractivity (Wildman–Crippen MR) is 530 cm³/mol. The van der Waals surface area contributed by atoms with Gasteiger partial charge in [-0.05, 0) is 93.6 Å². The molecule has 2 aliphatic rings. The van der Waals surface area contributed by atoms with Crippen molar-refractivity contribution < 1.29 is 130 Å². The fourth-order valence-corrected chi connectivity index (χ4v) is 16.4. The first kappa shape index (κ1) is 126. The molecule has 19 amide bonds. The number of nitrogens with zero attached hydrogens (tertiary/aromatic N) is 4. The zero-order chi connectivity index (χ0) is 109. The topological polar surface area (TPSA) is 853 Å². The number of azide groups is 1. The van der Waals surface area contributed by atoms with Crippen LogP contribution < -0.4 is 119 Å². The Hall–Kier alpha value is -13.2. The minimum Gasteiger partial charge on any atom is -0.481 e. The van der Waals surface area contributed by atoms with Crippen molar-refractivity contribution in [1.29, 1.82) is 5.41 Å². The second-order valence-corrected chi connectivity index (χ2v) is 37.5. The number of urea groups is 1. The van der Waals surface area contributed by atoms with Gasteiger partial charge in [0.25, 0.3) is 0 Å². The summed E-state index contributed by atoms with van der Waals surface area (Å²) < 4.78 is 27.8. The van der Waals surface area contributed by atoms with Crippen LogP contribution in [0.2, 0.25) is 0 Å². The Morgan fingerprint density at radius 1 is 0.497 bits per heavy atom.